The molecule has 2 atom stereocenters. The molecule has 0 bridgehead atoms. The van der Waals surface area contributed by atoms with Gasteiger partial charge < -0.3 is 5.32 Å². The number of nitrogens with one attached hydrogen (secondary N) is 1. The summed E-state index contributed by atoms with van der Waals surface area (Å²) in [5.41, 5.74) is -0.253. The fourth-order valence-corrected chi connectivity index (χ4v) is 2.97. The number of nitrogens with zero attached hydrogens (tertiary/aromatic N) is 1. The lowest BCUT2D eigenvalue weighted by Gasteiger charge is -2.21. The Morgan fingerprint density at radius 2 is 1.71 bits per heavy atom. The highest BCUT2D eigenvalue weighted by molar-refractivity contribution is 6.05. The second-order valence-electron chi connectivity index (χ2n) is 6.89. The Morgan fingerprint density at radius 3 is 2.19 bits per heavy atom. The minimum absolute atomic E-state index is 0.0410. The fraction of sp³-hybridized carbons (Fsp3) is 0.688. The number of imide groups is 1. The highest BCUT2D eigenvalue weighted by Gasteiger charge is 2.46. The molecule has 1 aliphatic carbocycles. The Labute approximate surface area is 125 Å². The van der Waals surface area contributed by atoms with Crippen molar-refractivity contribution in [3.8, 4) is 0 Å². The summed E-state index contributed by atoms with van der Waals surface area (Å²) in [6.45, 7) is 6.13. The average molecular weight is 292 g/mol. The number of hydrogen-bond acceptors (Lipinski definition) is 3. The van der Waals surface area contributed by atoms with Gasteiger partial charge in [-0.05, 0) is 40.0 Å². The van der Waals surface area contributed by atoms with Crippen molar-refractivity contribution in [1.29, 1.82) is 0 Å². The second-order valence-corrected chi connectivity index (χ2v) is 6.89. The first-order valence-electron chi connectivity index (χ1n) is 7.61. The van der Waals surface area contributed by atoms with E-state index < -0.39 is 0 Å². The average Bonchev–Trinajstić information content (AvgIpc) is 2.62. The van der Waals surface area contributed by atoms with E-state index in [1.807, 2.05) is 32.9 Å². The molecule has 0 unspecified atom stereocenters. The van der Waals surface area contributed by atoms with Crippen molar-refractivity contribution in [2.45, 2.75) is 52.0 Å². The van der Waals surface area contributed by atoms with Crippen molar-refractivity contribution in [1.82, 2.24) is 10.2 Å². The zero-order valence-corrected chi connectivity index (χ0v) is 13.0. The molecule has 2 aliphatic rings. The second kappa shape index (κ2) is 6.00. The van der Waals surface area contributed by atoms with Crippen molar-refractivity contribution >= 4 is 17.7 Å². The third kappa shape index (κ3) is 3.71. The van der Waals surface area contributed by atoms with Gasteiger partial charge in [0.1, 0.15) is 0 Å². The number of hydrogen-bond donors (Lipinski definition) is 1. The van der Waals surface area contributed by atoms with Crippen LogP contribution in [0.4, 0.5) is 0 Å². The standard InChI is InChI=1S/C16H24N2O3/c1-16(2,3)17-13(19)9-6-10-18-14(20)11-7-4-5-8-12(11)15(18)21/h4-5,11-12H,6-10H2,1-3H3,(H,17,19)/t11-,12-/m1/s1. The Kier molecular flexibility index (Phi) is 4.49. The van der Waals surface area contributed by atoms with E-state index in [2.05, 4.69) is 5.32 Å². The summed E-state index contributed by atoms with van der Waals surface area (Å²) in [5.74, 6) is -0.520. The van der Waals surface area contributed by atoms with Gasteiger partial charge in [0.25, 0.3) is 0 Å². The Balaban J connectivity index is 1.83. The molecule has 0 aromatic rings. The molecule has 3 amide bonds. The van der Waals surface area contributed by atoms with Gasteiger partial charge in [0.15, 0.2) is 0 Å². The summed E-state index contributed by atoms with van der Waals surface area (Å²) in [7, 11) is 0. The molecule has 0 aromatic heterocycles. The molecule has 1 N–H and O–H groups in total. The van der Waals surface area contributed by atoms with E-state index in [0.717, 1.165) is 0 Å². The van der Waals surface area contributed by atoms with E-state index in [0.29, 0.717) is 32.2 Å². The number of carbonyl (C=O) groups is 3. The smallest absolute Gasteiger partial charge is 0.233 e. The van der Waals surface area contributed by atoms with Crippen molar-refractivity contribution in [3.63, 3.8) is 0 Å². The summed E-state index contributed by atoms with van der Waals surface area (Å²) < 4.78 is 0. The molecule has 116 valence electrons. The van der Waals surface area contributed by atoms with Gasteiger partial charge in [-0.1, -0.05) is 12.2 Å². The number of likely N-dealkylation sites (tertiary alicyclic amines) is 1. The fourth-order valence-electron chi connectivity index (χ4n) is 2.97. The highest BCUT2D eigenvalue weighted by atomic mass is 16.2. The van der Waals surface area contributed by atoms with Crippen LogP contribution in [0.5, 0.6) is 0 Å². The maximum absolute atomic E-state index is 12.2. The molecule has 2 rings (SSSR count). The minimum atomic E-state index is -0.253. The lowest BCUT2D eigenvalue weighted by molar-refractivity contribution is -0.140. The molecule has 0 saturated carbocycles. The van der Waals surface area contributed by atoms with Crippen LogP contribution in [0.15, 0.2) is 12.2 Å². The molecule has 5 heteroatoms. The number of fused-ring (bicyclic) bond motifs is 1. The maximum atomic E-state index is 12.2. The van der Waals surface area contributed by atoms with Crippen LogP contribution in [-0.4, -0.2) is 34.7 Å². The predicted octanol–water partition coefficient (Wildman–Crippen LogP) is 1.63. The molecule has 21 heavy (non-hydrogen) atoms. The van der Waals surface area contributed by atoms with E-state index in [-0.39, 0.29) is 35.1 Å². The zero-order valence-electron chi connectivity index (χ0n) is 13.0. The summed E-state index contributed by atoms with van der Waals surface area (Å²) in [6, 6.07) is 0. The lowest BCUT2D eigenvalue weighted by atomic mass is 9.85. The topological polar surface area (TPSA) is 66.5 Å². The lowest BCUT2D eigenvalue weighted by Crippen LogP contribution is -2.41. The van der Waals surface area contributed by atoms with Gasteiger partial charge in [-0.15, -0.1) is 0 Å². The predicted molar refractivity (Wildman–Crippen MR) is 79.2 cm³/mol. The Bertz CT molecular complexity index is 450. The summed E-state index contributed by atoms with van der Waals surface area (Å²) in [5, 5.41) is 2.88. The number of amides is 3. The van der Waals surface area contributed by atoms with E-state index in [1.54, 1.807) is 0 Å². The van der Waals surface area contributed by atoms with Crippen molar-refractivity contribution in [2.75, 3.05) is 6.54 Å². The SMILES string of the molecule is CC(C)(C)NC(=O)CCCN1C(=O)[C@@H]2CC=CC[C@H]2C1=O. The van der Waals surface area contributed by atoms with Crippen molar-refractivity contribution in [2.24, 2.45) is 11.8 Å². The summed E-state index contributed by atoms with van der Waals surface area (Å²) >= 11 is 0. The quantitative estimate of drug-likeness (QED) is 0.632. The molecule has 1 heterocycles. The number of rotatable bonds is 4. The number of carbonyl (C=O) groups excluding carboxylic acids is 3. The molecule has 1 aliphatic heterocycles. The summed E-state index contributed by atoms with van der Waals surface area (Å²) in [4.78, 5) is 37.5. The monoisotopic (exact) mass is 292 g/mol. The van der Waals surface area contributed by atoms with E-state index in [9.17, 15) is 14.4 Å². The van der Waals surface area contributed by atoms with Crippen LogP contribution >= 0.6 is 0 Å². The largest absolute Gasteiger partial charge is 0.352 e. The van der Waals surface area contributed by atoms with E-state index >= 15 is 0 Å². The Hall–Kier alpha value is -1.65. The van der Waals surface area contributed by atoms with Gasteiger partial charge in [0.2, 0.25) is 17.7 Å². The molecular weight excluding hydrogens is 268 g/mol. The first-order chi connectivity index (χ1) is 9.79. The van der Waals surface area contributed by atoms with E-state index in [4.69, 9.17) is 0 Å². The van der Waals surface area contributed by atoms with Gasteiger partial charge in [0.05, 0.1) is 11.8 Å². The first kappa shape index (κ1) is 15.7. The third-order valence-electron chi connectivity index (χ3n) is 3.90. The van der Waals surface area contributed by atoms with Crippen LogP contribution in [0.2, 0.25) is 0 Å². The first-order valence-corrected chi connectivity index (χ1v) is 7.61. The summed E-state index contributed by atoms with van der Waals surface area (Å²) in [6.07, 6.45) is 6.14. The van der Waals surface area contributed by atoms with Crippen LogP contribution in [0.3, 0.4) is 0 Å². The molecular formula is C16H24N2O3. The van der Waals surface area contributed by atoms with Crippen LogP contribution in [-0.2, 0) is 14.4 Å². The van der Waals surface area contributed by atoms with Crippen molar-refractivity contribution in [3.05, 3.63) is 12.2 Å². The molecule has 5 nitrogen and oxygen atoms in total. The highest BCUT2D eigenvalue weighted by Crippen LogP contribution is 2.35. The van der Waals surface area contributed by atoms with Gasteiger partial charge >= 0.3 is 0 Å². The minimum Gasteiger partial charge on any atom is -0.352 e. The molecule has 0 radical (unpaired) electrons. The van der Waals surface area contributed by atoms with Crippen LogP contribution < -0.4 is 5.32 Å². The van der Waals surface area contributed by atoms with Gasteiger partial charge in [-0.2, -0.15) is 0 Å². The maximum Gasteiger partial charge on any atom is 0.233 e. The van der Waals surface area contributed by atoms with Gasteiger partial charge in [0, 0.05) is 18.5 Å². The molecule has 0 aromatic carbocycles. The number of allylic oxidation sites excluding steroid dienone is 2. The van der Waals surface area contributed by atoms with Crippen LogP contribution in [0, 0.1) is 11.8 Å². The van der Waals surface area contributed by atoms with E-state index in [1.165, 1.54) is 4.90 Å². The zero-order chi connectivity index (χ0) is 15.6. The van der Waals surface area contributed by atoms with Gasteiger partial charge in [-0.25, -0.2) is 0 Å². The van der Waals surface area contributed by atoms with Crippen molar-refractivity contribution < 1.29 is 14.4 Å². The van der Waals surface area contributed by atoms with Gasteiger partial charge in [-0.3, -0.25) is 19.3 Å². The Morgan fingerprint density at radius 1 is 1.19 bits per heavy atom. The van der Waals surface area contributed by atoms with Crippen LogP contribution in [0.1, 0.15) is 46.5 Å². The third-order valence-corrected chi connectivity index (χ3v) is 3.90. The van der Waals surface area contributed by atoms with Crippen LogP contribution in [0.25, 0.3) is 0 Å². The normalized spacial score (nSPS) is 25.2. The molecule has 0 spiro atoms. The molecule has 1 saturated heterocycles. The molecule has 1 fully saturated rings.